The summed E-state index contributed by atoms with van der Waals surface area (Å²) in [6.45, 7) is 13.6. The Morgan fingerprint density at radius 3 is 1.75 bits per heavy atom. The van der Waals surface area contributed by atoms with Crippen LogP contribution in [0, 0.1) is 0 Å². The molecule has 1 amide bonds. The van der Waals surface area contributed by atoms with Crippen LogP contribution in [0.1, 0.15) is 79.1 Å². The maximum Gasteiger partial charge on any atom is 0.500 e. The summed E-state index contributed by atoms with van der Waals surface area (Å²) in [5.41, 5.74) is 0.334. The monoisotopic (exact) mass is 475 g/mol. The number of carbonyl (C=O) groups is 2. The van der Waals surface area contributed by atoms with E-state index >= 15 is 0 Å². The molecule has 0 radical (unpaired) electrons. The zero-order valence-electron chi connectivity index (χ0n) is 20.7. The average Bonchev–Trinajstić information content (AvgIpc) is 2.75. The normalized spacial score (nSPS) is 11.2. The van der Waals surface area contributed by atoms with Gasteiger partial charge in [-0.1, -0.05) is 45.1 Å². The summed E-state index contributed by atoms with van der Waals surface area (Å²) >= 11 is 0. The topological polar surface area (TPSA) is 92.3 Å². The molecule has 0 aliphatic heterocycles. The van der Waals surface area contributed by atoms with Crippen LogP contribution >= 0.6 is 0 Å². The van der Waals surface area contributed by atoms with Crippen molar-refractivity contribution in [1.82, 2.24) is 5.32 Å². The number of unbranched alkanes of at least 4 members (excludes halogenated alkanes) is 7. The van der Waals surface area contributed by atoms with Gasteiger partial charge in [0, 0.05) is 31.4 Å². The van der Waals surface area contributed by atoms with Crippen molar-refractivity contribution in [2.75, 3.05) is 39.6 Å². The van der Waals surface area contributed by atoms with Gasteiger partial charge in [-0.2, -0.15) is 0 Å². The van der Waals surface area contributed by atoms with Crippen LogP contribution in [0.2, 0.25) is 6.04 Å². The molecule has 1 N–H and O–H groups in total. The van der Waals surface area contributed by atoms with Gasteiger partial charge in [0.05, 0.1) is 13.2 Å². The minimum absolute atomic E-state index is 0.104. The van der Waals surface area contributed by atoms with E-state index in [9.17, 15) is 9.59 Å². The fraction of sp³-hybridized carbons (Fsp3) is 0.826. The second-order valence-corrected chi connectivity index (χ2v) is 10.3. The van der Waals surface area contributed by atoms with Crippen LogP contribution in [0.15, 0.2) is 12.2 Å². The van der Waals surface area contributed by atoms with E-state index in [1.165, 1.54) is 19.3 Å². The largest absolute Gasteiger partial charge is 0.500 e. The number of amides is 1. The number of hydrogen-bond donors (Lipinski definition) is 1. The molecule has 0 spiro atoms. The molecule has 0 fully saturated rings. The molecule has 0 atom stereocenters. The van der Waals surface area contributed by atoms with Crippen molar-refractivity contribution >= 4 is 20.9 Å². The van der Waals surface area contributed by atoms with E-state index in [-0.39, 0.29) is 13.2 Å². The standard InChI is InChI=1S/C23H45NO7Si/c1-6-29-32(30-7-2,31-8-3)20-16-14-12-10-9-11-13-15-18-28-23(26)24-17-19-27-22(25)21(4)5/h4,6-20H2,1-3,5H3,(H,24,26). The van der Waals surface area contributed by atoms with Gasteiger partial charge in [-0.05, 0) is 40.5 Å². The first-order valence-corrected chi connectivity index (χ1v) is 14.0. The molecular formula is C23H45NO7Si. The third-order valence-corrected chi connectivity index (χ3v) is 7.81. The maximum absolute atomic E-state index is 11.5. The Labute approximate surface area is 195 Å². The molecule has 0 saturated carbocycles. The number of carbonyl (C=O) groups excluding carboxylic acids is 2. The van der Waals surface area contributed by atoms with Gasteiger partial charge in [-0.25, -0.2) is 9.59 Å². The van der Waals surface area contributed by atoms with Crippen molar-refractivity contribution in [2.24, 2.45) is 0 Å². The lowest BCUT2D eigenvalue weighted by atomic mass is 10.1. The van der Waals surface area contributed by atoms with Gasteiger partial charge in [0.2, 0.25) is 0 Å². The Morgan fingerprint density at radius 2 is 1.25 bits per heavy atom. The zero-order valence-corrected chi connectivity index (χ0v) is 21.7. The van der Waals surface area contributed by atoms with Gasteiger partial charge in [-0.3, -0.25) is 0 Å². The Kier molecular flexibility index (Phi) is 19.3. The van der Waals surface area contributed by atoms with E-state index in [0.717, 1.165) is 38.1 Å². The lowest BCUT2D eigenvalue weighted by Gasteiger charge is -2.28. The average molecular weight is 476 g/mol. The van der Waals surface area contributed by atoms with Crippen LogP contribution in [-0.2, 0) is 27.5 Å². The SMILES string of the molecule is C=C(C)C(=O)OCCNC(=O)OCCCCCCCCCC[Si](OCC)(OCC)OCC. The lowest BCUT2D eigenvalue weighted by Crippen LogP contribution is -2.45. The molecule has 0 bridgehead atoms. The van der Waals surface area contributed by atoms with Crippen molar-refractivity contribution in [3.05, 3.63) is 12.2 Å². The van der Waals surface area contributed by atoms with Gasteiger partial charge >= 0.3 is 20.9 Å². The van der Waals surface area contributed by atoms with Crippen molar-refractivity contribution < 1.29 is 32.3 Å². The Morgan fingerprint density at radius 1 is 0.750 bits per heavy atom. The Bertz CT molecular complexity index is 500. The summed E-state index contributed by atoms with van der Waals surface area (Å²) in [7, 11) is -2.49. The van der Waals surface area contributed by atoms with Gasteiger partial charge < -0.3 is 28.1 Å². The number of hydrogen-bond acceptors (Lipinski definition) is 7. The number of rotatable bonds is 21. The predicted molar refractivity (Wildman–Crippen MR) is 127 cm³/mol. The summed E-state index contributed by atoms with van der Waals surface area (Å²) in [4.78, 5) is 22.7. The molecule has 0 aromatic carbocycles. The summed E-state index contributed by atoms with van der Waals surface area (Å²) < 4.78 is 27.6. The van der Waals surface area contributed by atoms with E-state index in [2.05, 4.69) is 11.9 Å². The van der Waals surface area contributed by atoms with E-state index in [1.54, 1.807) is 6.92 Å². The third kappa shape index (κ3) is 16.2. The first-order valence-electron chi connectivity index (χ1n) is 12.1. The predicted octanol–water partition coefficient (Wildman–Crippen LogP) is 5.00. The summed E-state index contributed by atoms with van der Waals surface area (Å²) in [6.07, 6.45) is 8.36. The summed E-state index contributed by atoms with van der Waals surface area (Å²) in [6, 6.07) is 0.887. The van der Waals surface area contributed by atoms with Crippen LogP contribution in [0.25, 0.3) is 0 Å². The first-order chi connectivity index (χ1) is 15.4. The van der Waals surface area contributed by atoms with Crippen molar-refractivity contribution in [3.8, 4) is 0 Å². The fourth-order valence-corrected chi connectivity index (χ4v) is 5.83. The highest BCUT2D eigenvalue weighted by molar-refractivity contribution is 6.60. The molecule has 0 aliphatic carbocycles. The minimum atomic E-state index is -2.49. The van der Waals surface area contributed by atoms with Gasteiger partial charge in [0.15, 0.2) is 0 Å². The molecule has 0 heterocycles. The molecule has 32 heavy (non-hydrogen) atoms. The Hall–Kier alpha value is -1.42. The molecule has 9 heteroatoms. The molecule has 0 aromatic heterocycles. The van der Waals surface area contributed by atoms with Crippen molar-refractivity contribution in [2.45, 2.75) is 85.1 Å². The number of ether oxygens (including phenoxy) is 2. The van der Waals surface area contributed by atoms with Gasteiger partial charge in [0.1, 0.15) is 6.61 Å². The van der Waals surface area contributed by atoms with Crippen LogP contribution in [-0.4, -0.2) is 60.4 Å². The van der Waals surface area contributed by atoms with Crippen LogP contribution in [0.4, 0.5) is 4.79 Å². The quantitative estimate of drug-likeness (QED) is 0.108. The lowest BCUT2D eigenvalue weighted by molar-refractivity contribution is -0.138. The molecular weight excluding hydrogens is 430 g/mol. The molecule has 0 rings (SSSR count). The maximum atomic E-state index is 11.5. The minimum Gasteiger partial charge on any atom is -0.460 e. The van der Waals surface area contributed by atoms with E-state index < -0.39 is 20.9 Å². The number of alkyl carbamates (subject to hydrolysis) is 1. The number of esters is 1. The summed E-state index contributed by atoms with van der Waals surface area (Å²) in [5.74, 6) is -0.461. The molecule has 188 valence electrons. The van der Waals surface area contributed by atoms with Crippen molar-refractivity contribution in [1.29, 1.82) is 0 Å². The van der Waals surface area contributed by atoms with Gasteiger partial charge in [-0.15, -0.1) is 0 Å². The van der Waals surface area contributed by atoms with Crippen LogP contribution in [0.5, 0.6) is 0 Å². The zero-order chi connectivity index (χ0) is 24.1. The molecule has 0 aliphatic rings. The molecule has 0 unspecified atom stereocenters. The molecule has 0 saturated heterocycles. The highest BCUT2D eigenvalue weighted by Gasteiger charge is 2.39. The second-order valence-electron chi connectivity index (χ2n) is 7.54. The molecule has 0 aromatic rings. The van der Waals surface area contributed by atoms with Gasteiger partial charge in [0.25, 0.3) is 0 Å². The van der Waals surface area contributed by atoms with Crippen LogP contribution < -0.4 is 5.32 Å². The van der Waals surface area contributed by atoms with Crippen molar-refractivity contribution in [3.63, 3.8) is 0 Å². The van der Waals surface area contributed by atoms with E-state index in [4.69, 9.17) is 22.8 Å². The van der Waals surface area contributed by atoms with E-state index in [0.29, 0.717) is 32.0 Å². The third-order valence-electron chi connectivity index (χ3n) is 4.66. The smallest absolute Gasteiger partial charge is 0.460 e. The first kappa shape index (κ1) is 30.6. The Balaban J connectivity index is 3.61. The fourth-order valence-electron chi connectivity index (χ4n) is 3.14. The number of nitrogens with one attached hydrogen (secondary N) is 1. The van der Waals surface area contributed by atoms with Crippen LogP contribution in [0.3, 0.4) is 0 Å². The summed E-state index contributed by atoms with van der Waals surface area (Å²) in [5, 5.41) is 2.55. The highest BCUT2D eigenvalue weighted by atomic mass is 28.4. The molecule has 8 nitrogen and oxygen atoms in total. The highest BCUT2D eigenvalue weighted by Crippen LogP contribution is 2.20. The van der Waals surface area contributed by atoms with E-state index in [1.807, 2.05) is 20.8 Å². The second kappa shape index (κ2) is 20.2.